The minimum atomic E-state index is -3.90. The fraction of sp³-hybridized carbons (Fsp3) is 0.450. The van der Waals surface area contributed by atoms with Gasteiger partial charge in [-0.15, -0.1) is 0 Å². The number of nitrogens with zero attached hydrogens (tertiary/aromatic N) is 2. The zero-order valence-corrected chi connectivity index (χ0v) is 18.3. The van der Waals surface area contributed by atoms with E-state index in [4.69, 9.17) is 9.47 Å². The molecule has 2 N–H and O–H groups in total. The maximum absolute atomic E-state index is 12.6. The van der Waals surface area contributed by atoms with Crippen molar-refractivity contribution in [3.63, 3.8) is 0 Å². The number of carbonyl (C=O) groups is 1. The Hall–Kier alpha value is -2.88. The van der Waals surface area contributed by atoms with Crippen molar-refractivity contribution in [2.45, 2.75) is 50.3 Å². The second kappa shape index (κ2) is 11.3. The number of benzene rings is 1. The molecule has 0 aliphatic rings. The number of anilines is 2. The van der Waals surface area contributed by atoms with Gasteiger partial charge in [0.15, 0.2) is 5.82 Å². The van der Waals surface area contributed by atoms with E-state index in [0.717, 1.165) is 25.7 Å². The summed E-state index contributed by atoms with van der Waals surface area (Å²) in [5, 5.41) is 2.78. The Morgan fingerprint density at radius 2 is 1.70 bits per heavy atom. The molecule has 0 bridgehead atoms. The molecule has 1 aromatic carbocycles. The van der Waals surface area contributed by atoms with Gasteiger partial charge in [-0.05, 0) is 30.7 Å². The van der Waals surface area contributed by atoms with Crippen molar-refractivity contribution in [1.29, 1.82) is 0 Å². The second-order valence-electron chi connectivity index (χ2n) is 6.62. The number of carbonyl (C=O) groups excluding carboxylic acids is 1. The number of hydrogen-bond donors (Lipinski definition) is 2. The fourth-order valence-corrected chi connectivity index (χ4v) is 3.67. The van der Waals surface area contributed by atoms with Crippen LogP contribution in [0.4, 0.5) is 11.5 Å². The lowest BCUT2D eigenvalue weighted by Crippen LogP contribution is -2.15. The summed E-state index contributed by atoms with van der Waals surface area (Å²) in [6, 6.07) is 7.23. The highest BCUT2D eigenvalue weighted by Gasteiger charge is 2.17. The van der Waals surface area contributed by atoms with Gasteiger partial charge < -0.3 is 14.8 Å². The first kappa shape index (κ1) is 23.4. The molecule has 1 heterocycles. The molecule has 1 aromatic heterocycles. The maximum Gasteiger partial charge on any atom is 0.321 e. The van der Waals surface area contributed by atoms with Crippen molar-refractivity contribution in [2.75, 3.05) is 24.3 Å². The smallest absolute Gasteiger partial charge is 0.321 e. The lowest BCUT2D eigenvalue weighted by atomic mass is 10.1. The number of unbranched alkanes of at least 4 members (excludes halogenated alkanes) is 4. The summed E-state index contributed by atoms with van der Waals surface area (Å²) in [5.41, 5.74) is 0.540. The van der Waals surface area contributed by atoms with Gasteiger partial charge in [-0.1, -0.05) is 32.6 Å². The predicted octanol–water partition coefficient (Wildman–Crippen LogP) is 3.59. The Balaban J connectivity index is 1.98. The number of hydrogen-bond acceptors (Lipinski definition) is 7. The van der Waals surface area contributed by atoms with Gasteiger partial charge >= 0.3 is 6.01 Å². The molecule has 0 saturated carbocycles. The molecule has 0 radical (unpaired) electrons. The normalized spacial score (nSPS) is 11.0. The van der Waals surface area contributed by atoms with Gasteiger partial charge in [0.05, 0.1) is 19.1 Å². The lowest BCUT2D eigenvalue weighted by Gasteiger charge is -2.10. The number of rotatable bonds is 12. The zero-order valence-electron chi connectivity index (χ0n) is 17.5. The fourth-order valence-electron chi connectivity index (χ4n) is 2.68. The Bertz CT molecular complexity index is 910. The third kappa shape index (κ3) is 7.18. The Morgan fingerprint density at radius 1 is 1.00 bits per heavy atom. The molecular weight excluding hydrogens is 408 g/mol. The lowest BCUT2D eigenvalue weighted by molar-refractivity contribution is -0.116. The van der Waals surface area contributed by atoms with Gasteiger partial charge in [0.25, 0.3) is 10.0 Å². The molecule has 2 aromatic rings. The summed E-state index contributed by atoms with van der Waals surface area (Å²) in [7, 11) is -1.13. The Labute approximate surface area is 177 Å². The quantitative estimate of drug-likeness (QED) is 0.488. The van der Waals surface area contributed by atoms with E-state index in [1.807, 2.05) is 0 Å². The number of methoxy groups -OCH3 is 2. The summed E-state index contributed by atoms with van der Waals surface area (Å²) in [6.45, 7) is 2.15. The first-order valence-electron chi connectivity index (χ1n) is 9.77. The van der Waals surface area contributed by atoms with Crippen LogP contribution < -0.4 is 19.5 Å². The van der Waals surface area contributed by atoms with Crippen LogP contribution in [0.2, 0.25) is 0 Å². The number of sulfonamides is 1. The number of ether oxygens (including phenoxy) is 2. The third-order valence-electron chi connectivity index (χ3n) is 4.27. The van der Waals surface area contributed by atoms with Crippen molar-refractivity contribution in [3.05, 3.63) is 30.3 Å². The van der Waals surface area contributed by atoms with Gasteiger partial charge in [0.2, 0.25) is 11.8 Å². The van der Waals surface area contributed by atoms with Crippen molar-refractivity contribution in [3.8, 4) is 11.9 Å². The average molecular weight is 437 g/mol. The van der Waals surface area contributed by atoms with Crippen LogP contribution in [0.5, 0.6) is 11.9 Å². The highest BCUT2D eigenvalue weighted by molar-refractivity contribution is 7.92. The van der Waals surface area contributed by atoms with Crippen LogP contribution in [0.15, 0.2) is 35.2 Å². The van der Waals surface area contributed by atoms with E-state index in [2.05, 4.69) is 26.9 Å². The molecular formula is C20H28N4O5S. The second-order valence-corrected chi connectivity index (χ2v) is 8.31. The molecule has 164 valence electrons. The van der Waals surface area contributed by atoms with E-state index in [-0.39, 0.29) is 28.5 Å². The van der Waals surface area contributed by atoms with Crippen LogP contribution in [0, 0.1) is 0 Å². The van der Waals surface area contributed by atoms with Gasteiger partial charge in [-0.2, -0.15) is 9.97 Å². The van der Waals surface area contributed by atoms with Crippen LogP contribution in [-0.4, -0.2) is 38.5 Å². The van der Waals surface area contributed by atoms with E-state index in [0.29, 0.717) is 12.1 Å². The van der Waals surface area contributed by atoms with Crippen molar-refractivity contribution in [2.24, 2.45) is 0 Å². The number of aromatic nitrogens is 2. The van der Waals surface area contributed by atoms with Crippen LogP contribution in [0.25, 0.3) is 0 Å². The topological polar surface area (TPSA) is 120 Å². The molecule has 2 rings (SSSR count). The molecule has 0 fully saturated rings. The highest BCUT2D eigenvalue weighted by atomic mass is 32.2. The van der Waals surface area contributed by atoms with E-state index >= 15 is 0 Å². The average Bonchev–Trinajstić information content (AvgIpc) is 2.73. The van der Waals surface area contributed by atoms with E-state index < -0.39 is 10.0 Å². The summed E-state index contributed by atoms with van der Waals surface area (Å²) in [6.07, 6.45) is 5.79. The number of nitrogens with one attached hydrogen (secondary N) is 2. The molecule has 9 nitrogen and oxygen atoms in total. The monoisotopic (exact) mass is 436 g/mol. The summed E-state index contributed by atoms with van der Waals surface area (Å²) in [5.74, 6) is 0.0897. The van der Waals surface area contributed by atoms with Crippen LogP contribution in [-0.2, 0) is 14.8 Å². The Morgan fingerprint density at radius 3 is 2.33 bits per heavy atom. The van der Waals surface area contributed by atoms with Gasteiger partial charge in [-0.3, -0.25) is 9.52 Å². The first-order valence-corrected chi connectivity index (χ1v) is 11.3. The predicted molar refractivity (Wildman–Crippen MR) is 114 cm³/mol. The highest BCUT2D eigenvalue weighted by Crippen LogP contribution is 2.21. The zero-order chi connectivity index (χ0) is 22.0. The summed E-state index contributed by atoms with van der Waals surface area (Å²) < 4.78 is 37.6. The first-order chi connectivity index (χ1) is 14.4. The number of amides is 1. The van der Waals surface area contributed by atoms with E-state index in [1.165, 1.54) is 38.8 Å². The molecule has 0 saturated heterocycles. The summed E-state index contributed by atoms with van der Waals surface area (Å²) in [4.78, 5) is 19.9. The maximum atomic E-state index is 12.6. The molecule has 10 heteroatoms. The van der Waals surface area contributed by atoms with Crippen molar-refractivity contribution >= 4 is 27.4 Å². The van der Waals surface area contributed by atoms with Crippen molar-refractivity contribution in [1.82, 2.24) is 9.97 Å². The van der Waals surface area contributed by atoms with Gasteiger partial charge in [0.1, 0.15) is 0 Å². The minimum Gasteiger partial charge on any atom is -0.481 e. The minimum absolute atomic E-state index is 0.0131. The van der Waals surface area contributed by atoms with Crippen LogP contribution in [0.3, 0.4) is 0 Å². The van der Waals surface area contributed by atoms with Gasteiger partial charge in [-0.25, -0.2) is 8.42 Å². The largest absolute Gasteiger partial charge is 0.481 e. The third-order valence-corrected chi connectivity index (χ3v) is 5.64. The molecule has 0 aliphatic carbocycles. The Kier molecular flexibility index (Phi) is 8.85. The SMILES string of the molecule is CCCCCCCC(=O)Nc1ccc(S(=O)(=O)Nc2cc(OC)nc(OC)n2)cc1. The molecule has 30 heavy (non-hydrogen) atoms. The van der Waals surface area contributed by atoms with Crippen LogP contribution in [0.1, 0.15) is 45.4 Å². The summed E-state index contributed by atoms with van der Waals surface area (Å²) >= 11 is 0. The molecule has 0 aliphatic heterocycles. The van der Waals surface area contributed by atoms with Crippen molar-refractivity contribution < 1.29 is 22.7 Å². The van der Waals surface area contributed by atoms with E-state index in [9.17, 15) is 13.2 Å². The molecule has 1 amide bonds. The van der Waals surface area contributed by atoms with E-state index in [1.54, 1.807) is 12.1 Å². The standard InChI is InChI=1S/C20H28N4O5S/c1-4-5-6-7-8-9-18(25)21-15-10-12-16(13-11-15)30(26,27)24-17-14-19(28-2)23-20(22-17)29-3/h10-14H,4-9H2,1-3H3,(H,21,25)(H,22,23,24). The molecule has 0 spiro atoms. The van der Waals surface area contributed by atoms with Gasteiger partial charge in [0, 0.05) is 18.2 Å². The molecule has 0 atom stereocenters. The van der Waals surface area contributed by atoms with Crippen LogP contribution >= 0.6 is 0 Å². The molecule has 0 unspecified atom stereocenters.